The Bertz CT molecular complexity index is 1400. The second-order valence-electron chi connectivity index (χ2n) is 8.24. The lowest BCUT2D eigenvalue weighted by Gasteiger charge is -2.17. The summed E-state index contributed by atoms with van der Waals surface area (Å²) < 4.78 is 32.2. The van der Waals surface area contributed by atoms with E-state index in [-0.39, 0.29) is 23.9 Å². The standard InChI is InChI=1S/C27H27FN4O5S/c1-4-36-23-11-9-22(10-12-23)32-18(2)29-30-27(32)38-26(16-31(33)34)20-8-13-24(25(15-20)35-3)37-17-19-6-5-7-21(28)14-19/h5-15,26H,4,16-17H2,1-3H3/t26-/m0/s1. The maximum Gasteiger partial charge on any atom is 0.220 e. The predicted molar refractivity (Wildman–Crippen MR) is 141 cm³/mol. The number of rotatable bonds is 12. The van der Waals surface area contributed by atoms with Gasteiger partial charge in [-0.3, -0.25) is 14.7 Å². The van der Waals surface area contributed by atoms with E-state index in [4.69, 9.17) is 14.2 Å². The van der Waals surface area contributed by atoms with Gasteiger partial charge in [-0.15, -0.1) is 10.2 Å². The summed E-state index contributed by atoms with van der Waals surface area (Å²) in [4.78, 5) is 11.2. The zero-order chi connectivity index (χ0) is 27.1. The third kappa shape index (κ3) is 6.60. The first-order valence-corrected chi connectivity index (χ1v) is 12.7. The van der Waals surface area contributed by atoms with E-state index in [1.807, 2.05) is 42.7 Å². The minimum absolute atomic E-state index is 0.144. The van der Waals surface area contributed by atoms with E-state index >= 15 is 0 Å². The van der Waals surface area contributed by atoms with Gasteiger partial charge in [0.05, 0.1) is 13.7 Å². The number of nitro groups is 1. The van der Waals surface area contributed by atoms with Crippen molar-refractivity contribution in [2.75, 3.05) is 20.3 Å². The smallest absolute Gasteiger partial charge is 0.220 e. The van der Waals surface area contributed by atoms with Crippen LogP contribution in [0.1, 0.15) is 29.1 Å². The molecule has 1 aromatic heterocycles. The van der Waals surface area contributed by atoms with Crippen LogP contribution in [0.25, 0.3) is 5.69 Å². The van der Waals surface area contributed by atoms with Gasteiger partial charge in [0.1, 0.15) is 29.2 Å². The van der Waals surface area contributed by atoms with E-state index < -0.39 is 5.25 Å². The Morgan fingerprint density at radius 2 is 1.84 bits per heavy atom. The molecule has 3 aromatic carbocycles. The number of hydrogen-bond donors (Lipinski definition) is 0. The number of nitrogens with zero attached hydrogens (tertiary/aromatic N) is 4. The number of aromatic nitrogens is 3. The lowest BCUT2D eigenvalue weighted by atomic mass is 10.1. The van der Waals surface area contributed by atoms with Crippen LogP contribution in [-0.2, 0) is 6.61 Å². The summed E-state index contributed by atoms with van der Waals surface area (Å²) in [5.41, 5.74) is 2.15. The molecule has 38 heavy (non-hydrogen) atoms. The van der Waals surface area contributed by atoms with Crippen molar-refractivity contribution in [3.8, 4) is 22.9 Å². The molecular weight excluding hydrogens is 511 g/mol. The molecule has 0 fully saturated rings. The van der Waals surface area contributed by atoms with Crippen LogP contribution in [0.4, 0.5) is 4.39 Å². The van der Waals surface area contributed by atoms with Gasteiger partial charge in [-0.25, -0.2) is 4.39 Å². The molecule has 1 heterocycles. The lowest BCUT2D eigenvalue weighted by Crippen LogP contribution is -2.11. The van der Waals surface area contributed by atoms with Crippen molar-refractivity contribution < 1.29 is 23.5 Å². The predicted octanol–water partition coefficient (Wildman–Crippen LogP) is 5.81. The molecule has 4 aromatic rings. The first-order valence-electron chi connectivity index (χ1n) is 11.9. The normalized spacial score (nSPS) is 11.7. The van der Waals surface area contributed by atoms with E-state index in [0.717, 1.165) is 11.4 Å². The topological polar surface area (TPSA) is 102 Å². The molecule has 0 amide bonds. The molecule has 9 nitrogen and oxygen atoms in total. The van der Waals surface area contributed by atoms with Gasteiger partial charge in [-0.2, -0.15) is 0 Å². The van der Waals surface area contributed by atoms with Crippen LogP contribution in [0.3, 0.4) is 0 Å². The average Bonchev–Trinajstić information content (AvgIpc) is 3.27. The number of aryl methyl sites for hydroxylation is 1. The number of methoxy groups -OCH3 is 1. The summed E-state index contributed by atoms with van der Waals surface area (Å²) in [5, 5.41) is 20.0. The highest BCUT2D eigenvalue weighted by Crippen LogP contribution is 2.39. The molecular formula is C27H27FN4O5S. The van der Waals surface area contributed by atoms with Crippen molar-refractivity contribution in [3.63, 3.8) is 0 Å². The molecule has 4 rings (SSSR count). The molecule has 198 valence electrons. The Hall–Kier alpha value is -4.12. The summed E-state index contributed by atoms with van der Waals surface area (Å²) in [6, 6.07) is 18.8. The highest BCUT2D eigenvalue weighted by molar-refractivity contribution is 7.99. The van der Waals surface area contributed by atoms with Crippen LogP contribution < -0.4 is 14.2 Å². The summed E-state index contributed by atoms with van der Waals surface area (Å²) >= 11 is 1.24. The zero-order valence-corrected chi connectivity index (χ0v) is 22.0. The minimum Gasteiger partial charge on any atom is -0.494 e. The third-order valence-corrected chi connectivity index (χ3v) is 6.79. The van der Waals surface area contributed by atoms with Crippen LogP contribution in [-0.4, -0.2) is 39.9 Å². The number of hydrogen-bond acceptors (Lipinski definition) is 8. The maximum atomic E-state index is 13.5. The first kappa shape index (κ1) is 26.9. The van der Waals surface area contributed by atoms with Crippen LogP contribution >= 0.6 is 11.8 Å². The van der Waals surface area contributed by atoms with Crippen molar-refractivity contribution in [3.05, 3.63) is 99.6 Å². The molecule has 0 unspecified atom stereocenters. The minimum atomic E-state index is -0.582. The zero-order valence-electron chi connectivity index (χ0n) is 21.2. The van der Waals surface area contributed by atoms with Crippen molar-refractivity contribution in [1.29, 1.82) is 0 Å². The van der Waals surface area contributed by atoms with E-state index in [2.05, 4.69) is 10.2 Å². The Morgan fingerprint density at radius 3 is 2.53 bits per heavy atom. The Labute approximate surface area is 223 Å². The van der Waals surface area contributed by atoms with Gasteiger partial charge in [-0.05, 0) is 73.5 Å². The number of halogens is 1. The molecule has 0 radical (unpaired) electrons. The highest BCUT2D eigenvalue weighted by atomic mass is 32.2. The van der Waals surface area contributed by atoms with Crippen LogP contribution in [0.15, 0.2) is 71.9 Å². The molecule has 1 atom stereocenters. The van der Waals surface area contributed by atoms with E-state index in [9.17, 15) is 14.5 Å². The monoisotopic (exact) mass is 538 g/mol. The highest BCUT2D eigenvalue weighted by Gasteiger charge is 2.25. The SMILES string of the molecule is CCOc1ccc(-n2c(C)nnc2S[C@@H](C[N+](=O)[O-])c2ccc(OCc3cccc(F)c3)c(OC)c2)cc1. The van der Waals surface area contributed by atoms with Crippen LogP contribution in [0.5, 0.6) is 17.2 Å². The van der Waals surface area contributed by atoms with Gasteiger partial charge in [-0.1, -0.05) is 30.0 Å². The van der Waals surface area contributed by atoms with Gasteiger partial charge in [0, 0.05) is 10.6 Å². The van der Waals surface area contributed by atoms with Gasteiger partial charge in [0.2, 0.25) is 6.54 Å². The van der Waals surface area contributed by atoms with Crippen molar-refractivity contribution >= 4 is 11.8 Å². The summed E-state index contributed by atoms with van der Waals surface area (Å²) in [6.07, 6.45) is 0. The maximum absolute atomic E-state index is 13.5. The summed E-state index contributed by atoms with van der Waals surface area (Å²) in [7, 11) is 1.50. The molecule has 0 N–H and O–H groups in total. The van der Waals surface area contributed by atoms with Crippen molar-refractivity contribution in [1.82, 2.24) is 14.8 Å². The number of thioether (sulfide) groups is 1. The molecule has 11 heteroatoms. The van der Waals surface area contributed by atoms with E-state index in [1.165, 1.54) is 31.0 Å². The van der Waals surface area contributed by atoms with E-state index in [0.29, 0.717) is 40.2 Å². The Kier molecular flexibility index (Phi) is 8.80. The van der Waals surface area contributed by atoms with Gasteiger partial charge in [0.15, 0.2) is 16.7 Å². The fourth-order valence-electron chi connectivity index (χ4n) is 3.84. The van der Waals surface area contributed by atoms with E-state index in [1.54, 1.807) is 30.3 Å². The molecule has 0 saturated carbocycles. The summed E-state index contributed by atoms with van der Waals surface area (Å²) in [6.45, 7) is 4.11. The number of benzene rings is 3. The second-order valence-corrected chi connectivity index (χ2v) is 9.41. The third-order valence-electron chi connectivity index (χ3n) is 5.61. The van der Waals surface area contributed by atoms with Crippen LogP contribution in [0.2, 0.25) is 0 Å². The molecule has 0 saturated heterocycles. The van der Waals surface area contributed by atoms with Gasteiger partial charge < -0.3 is 14.2 Å². The quantitative estimate of drug-likeness (QED) is 0.127. The lowest BCUT2D eigenvalue weighted by molar-refractivity contribution is -0.479. The van der Waals surface area contributed by atoms with Gasteiger partial charge in [0.25, 0.3) is 0 Å². The largest absolute Gasteiger partial charge is 0.494 e. The average molecular weight is 539 g/mol. The number of ether oxygens (including phenoxy) is 3. The van der Waals surface area contributed by atoms with Crippen LogP contribution in [0, 0.1) is 22.9 Å². The van der Waals surface area contributed by atoms with Gasteiger partial charge >= 0.3 is 0 Å². The molecule has 0 spiro atoms. The van der Waals surface area contributed by atoms with Crippen molar-refractivity contribution in [2.45, 2.75) is 30.9 Å². The Balaban J connectivity index is 1.59. The first-order chi connectivity index (χ1) is 18.4. The molecule has 0 aliphatic rings. The fraction of sp³-hybridized carbons (Fsp3) is 0.259. The summed E-state index contributed by atoms with van der Waals surface area (Å²) in [5.74, 6) is 1.90. The fourth-order valence-corrected chi connectivity index (χ4v) is 5.00. The second kappa shape index (κ2) is 12.4. The Morgan fingerprint density at radius 1 is 1.05 bits per heavy atom. The molecule has 0 aliphatic carbocycles. The van der Waals surface area contributed by atoms with Crippen molar-refractivity contribution in [2.24, 2.45) is 0 Å². The molecule has 0 aliphatic heterocycles. The molecule has 0 bridgehead atoms.